The van der Waals surface area contributed by atoms with Crippen LogP contribution in [0.5, 0.6) is 5.75 Å². The number of pyridine rings is 1. The molecule has 2 aromatic heterocycles. The van der Waals surface area contributed by atoms with Gasteiger partial charge in [0, 0.05) is 49.5 Å². The second-order valence-electron chi connectivity index (χ2n) is 5.93. The van der Waals surface area contributed by atoms with Gasteiger partial charge in [-0.1, -0.05) is 17.7 Å². The molecule has 0 atom stereocenters. The Kier molecular flexibility index (Phi) is 6.65. The monoisotopic (exact) mass is 407 g/mol. The van der Waals surface area contributed by atoms with E-state index in [0.717, 1.165) is 11.3 Å². The van der Waals surface area contributed by atoms with Crippen molar-refractivity contribution < 1.29 is 13.5 Å². The summed E-state index contributed by atoms with van der Waals surface area (Å²) in [6.07, 6.45) is 4.64. The van der Waals surface area contributed by atoms with Crippen molar-refractivity contribution in [3.8, 4) is 5.75 Å². The molecule has 1 aromatic carbocycles. The molecule has 0 spiro atoms. The second kappa shape index (κ2) is 9.36. The Morgan fingerprint density at radius 3 is 2.89 bits per heavy atom. The molecule has 0 aliphatic heterocycles. The molecule has 0 aliphatic carbocycles. The number of hydrogen-bond acceptors (Lipinski definition) is 3. The van der Waals surface area contributed by atoms with Crippen LogP contribution in [-0.4, -0.2) is 35.5 Å². The molecule has 3 rings (SSSR count). The number of rotatable bonds is 7. The maximum Gasteiger partial charge on any atom is 0.387 e. The lowest BCUT2D eigenvalue weighted by molar-refractivity contribution is -0.0504. The van der Waals surface area contributed by atoms with E-state index in [2.05, 4.69) is 25.3 Å². The lowest BCUT2D eigenvalue weighted by Gasteiger charge is -2.14. The van der Waals surface area contributed by atoms with E-state index < -0.39 is 6.61 Å². The first kappa shape index (κ1) is 19.9. The molecule has 2 heterocycles. The highest BCUT2D eigenvalue weighted by molar-refractivity contribution is 6.30. The van der Waals surface area contributed by atoms with Crippen LogP contribution < -0.4 is 15.4 Å². The van der Waals surface area contributed by atoms with Crippen LogP contribution in [0.4, 0.5) is 8.78 Å². The van der Waals surface area contributed by atoms with Crippen molar-refractivity contribution in [2.24, 2.45) is 4.99 Å². The molecule has 3 aromatic rings. The molecule has 0 saturated carbocycles. The number of halogens is 3. The number of nitrogens with one attached hydrogen (secondary N) is 2. The minimum atomic E-state index is -2.90. The average Bonchev–Trinajstić information content (AvgIpc) is 3.08. The highest BCUT2D eigenvalue weighted by Gasteiger charge is 2.11. The fourth-order valence-electron chi connectivity index (χ4n) is 2.71. The summed E-state index contributed by atoms with van der Waals surface area (Å²) in [4.78, 5) is 8.68. The summed E-state index contributed by atoms with van der Waals surface area (Å²) in [7, 11) is 1.63. The zero-order valence-corrected chi connectivity index (χ0v) is 16.0. The van der Waals surface area contributed by atoms with Crippen LogP contribution in [0.15, 0.2) is 53.8 Å². The number of benzene rings is 1. The topological polar surface area (TPSA) is 63.0 Å². The van der Waals surface area contributed by atoms with Crippen molar-refractivity contribution in [1.82, 2.24) is 20.0 Å². The van der Waals surface area contributed by atoms with Gasteiger partial charge in [0.1, 0.15) is 11.4 Å². The van der Waals surface area contributed by atoms with Crippen molar-refractivity contribution in [3.05, 3.63) is 65.1 Å². The van der Waals surface area contributed by atoms with Crippen LogP contribution in [-0.2, 0) is 13.0 Å². The Labute approximate surface area is 166 Å². The third-order valence-electron chi connectivity index (χ3n) is 4.00. The van der Waals surface area contributed by atoms with Crippen LogP contribution in [0.3, 0.4) is 0 Å². The smallest absolute Gasteiger partial charge is 0.387 e. The molecule has 0 amide bonds. The summed E-state index contributed by atoms with van der Waals surface area (Å²) < 4.78 is 31.6. The lowest BCUT2D eigenvalue weighted by Crippen LogP contribution is -2.38. The van der Waals surface area contributed by atoms with Gasteiger partial charge in [-0.25, -0.2) is 4.98 Å². The van der Waals surface area contributed by atoms with E-state index in [1.54, 1.807) is 13.1 Å². The Morgan fingerprint density at radius 1 is 1.29 bits per heavy atom. The van der Waals surface area contributed by atoms with Crippen LogP contribution in [0.2, 0.25) is 5.02 Å². The molecule has 148 valence electrons. The number of imidazole rings is 1. The van der Waals surface area contributed by atoms with Gasteiger partial charge in [0.15, 0.2) is 5.96 Å². The van der Waals surface area contributed by atoms with Crippen molar-refractivity contribution >= 4 is 23.2 Å². The number of aromatic nitrogens is 2. The molecule has 0 aliphatic rings. The minimum Gasteiger partial charge on any atom is -0.434 e. The maximum atomic E-state index is 12.6. The first-order valence-corrected chi connectivity index (χ1v) is 9.03. The number of ether oxygens (including phenoxy) is 1. The fraction of sp³-hybridized carbons (Fsp3) is 0.263. The van der Waals surface area contributed by atoms with Crippen LogP contribution in [0.25, 0.3) is 5.65 Å². The van der Waals surface area contributed by atoms with Crippen LogP contribution in [0, 0.1) is 0 Å². The molecular weight excluding hydrogens is 388 g/mol. The maximum absolute atomic E-state index is 12.6. The van der Waals surface area contributed by atoms with Gasteiger partial charge in [-0.05, 0) is 30.3 Å². The van der Waals surface area contributed by atoms with Crippen molar-refractivity contribution in [2.75, 3.05) is 13.6 Å². The van der Waals surface area contributed by atoms with Gasteiger partial charge in [0.2, 0.25) is 0 Å². The van der Waals surface area contributed by atoms with E-state index in [0.29, 0.717) is 29.5 Å². The van der Waals surface area contributed by atoms with Gasteiger partial charge in [-0.3, -0.25) is 4.99 Å². The van der Waals surface area contributed by atoms with E-state index in [9.17, 15) is 8.78 Å². The molecule has 0 saturated heterocycles. The van der Waals surface area contributed by atoms with Gasteiger partial charge in [0.05, 0.1) is 5.69 Å². The van der Waals surface area contributed by atoms with E-state index in [1.165, 1.54) is 12.1 Å². The Balaban J connectivity index is 1.54. The number of guanidine groups is 1. The molecule has 9 heteroatoms. The van der Waals surface area contributed by atoms with Crippen molar-refractivity contribution in [2.45, 2.75) is 19.6 Å². The Bertz CT molecular complexity index is 927. The SMILES string of the molecule is CN=C(NCCc1cn2ccccc2n1)NCc1cc(Cl)ccc1OC(F)F. The van der Waals surface area contributed by atoms with Gasteiger partial charge in [-0.15, -0.1) is 0 Å². The summed E-state index contributed by atoms with van der Waals surface area (Å²) in [5.74, 6) is 0.610. The van der Waals surface area contributed by atoms with Gasteiger partial charge < -0.3 is 19.8 Å². The van der Waals surface area contributed by atoms with Gasteiger partial charge in [0.25, 0.3) is 0 Å². The largest absolute Gasteiger partial charge is 0.434 e. The molecule has 0 unspecified atom stereocenters. The number of nitrogens with zero attached hydrogens (tertiary/aromatic N) is 3. The molecule has 0 radical (unpaired) electrons. The predicted octanol–water partition coefficient (Wildman–Crippen LogP) is 3.50. The summed E-state index contributed by atoms with van der Waals surface area (Å²) in [5, 5.41) is 6.68. The first-order chi connectivity index (χ1) is 13.5. The second-order valence-corrected chi connectivity index (χ2v) is 6.37. The zero-order valence-electron chi connectivity index (χ0n) is 15.2. The Hall–Kier alpha value is -2.87. The average molecular weight is 408 g/mol. The fourth-order valence-corrected chi connectivity index (χ4v) is 2.91. The number of aliphatic imine (C=N–C) groups is 1. The summed E-state index contributed by atoms with van der Waals surface area (Å²) in [5.41, 5.74) is 2.36. The van der Waals surface area contributed by atoms with Crippen molar-refractivity contribution in [1.29, 1.82) is 0 Å². The van der Waals surface area contributed by atoms with Gasteiger partial charge in [-0.2, -0.15) is 8.78 Å². The van der Waals surface area contributed by atoms with Crippen molar-refractivity contribution in [3.63, 3.8) is 0 Å². The number of hydrogen-bond donors (Lipinski definition) is 2. The molecule has 0 bridgehead atoms. The lowest BCUT2D eigenvalue weighted by atomic mass is 10.2. The third-order valence-corrected chi connectivity index (χ3v) is 4.23. The summed E-state index contributed by atoms with van der Waals surface area (Å²) in [6, 6.07) is 10.3. The zero-order chi connectivity index (χ0) is 19.9. The summed E-state index contributed by atoms with van der Waals surface area (Å²) in [6.45, 7) is -2.06. The Morgan fingerprint density at radius 2 is 2.14 bits per heavy atom. The predicted molar refractivity (Wildman–Crippen MR) is 105 cm³/mol. The molecule has 28 heavy (non-hydrogen) atoms. The first-order valence-electron chi connectivity index (χ1n) is 8.65. The van der Waals surface area contributed by atoms with Crippen LogP contribution >= 0.6 is 11.6 Å². The standard InChI is InChI=1S/C19H20ClF2N5O/c1-23-19(24-8-7-15-12-27-9-3-2-4-17(27)26-15)25-11-13-10-14(20)5-6-16(13)28-18(21)22/h2-6,9-10,12,18H,7-8,11H2,1H3,(H2,23,24,25). The molecule has 0 fully saturated rings. The normalized spacial score (nSPS) is 11.8. The van der Waals surface area contributed by atoms with E-state index in [1.807, 2.05) is 35.0 Å². The molecule has 2 N–H and O–H groups in total. The molecular formula is C19H20ClF2N5O. The molecule has 6 nitrogen and oxygen atoms in total. The third kappa shape index (κ3) is 5.32. The van der Waals surface area contributed by atoms with E-state index in [-0.39, 0.29) is 12.3 Å². The highest BCUT2D eigenvalue weighted by atomic mass is 35.5. The quantitative estimate of drug-likeness (QED) is 0.465. The highest BCUT2D eigenvalue weighted by Crippen LogP contribution is 2.24. The van der Waals surface area contributed by atoms with E-state index in [4.69, 9.17) is 11.6 Å². The number of alkyl halides is 2. The minimum absolute atomic E-state index is 0.0760. The van der Waals surface area contributed by atoms with Crippen LogP contribution in [0.1, 0.15) is 11.3 Å². The van der Waals surface area contributed by atoms with E-state index >= 15 is 0 Å². The number of fused-ring (bicyclic) bond motifs is 1. The summed E-state index contributed by atoms with van der Waals surface area (Å²) >= 11 is 5.96. The van der Waals surface area contributed by atoms with Gasteiger partial charge >= 0.3 is 6.61 Å².